The molecule has 0 unspecified atom stereocenters. The second kappa shape index (κ2) is 11.8. The van der Waals surface area contributed by atoms with Gasteiger partial charge in [0.2, 0.25) is 0 Å². The molecule has 27 heavy (non-hydrogen) atoms. The van der Waals surface area contributed by atoms with Gasteiger partial charge in [-0.2, -0.15) is 0 Å². The van der Waals surface area contributed by atoms with Crippen molar-refractivity contribution in [3.05, 3.63) is 35.6 Å². The van der Waals surface area contributed by atoms with Gasteiger partial charge in [0.25, 0.3) is 0 Å². The molecule has 0 spiro atoms. The summed E-state index contributed by atoms with van der Waals surface area (Å²) in [5, 5.41) is 6.97. The fourth-order valence-corrected chi connectivity index (χ4v) is 3.40. The number of guanidine groups is 1. The van der Waals surface area contributed by atoms with Crippen molar-refractivity contribution in [1.82, 2.24) is 15.5 Å². The quantitative estimate of drug-likeness (QED) is 0.343. The lowest BCUT2D eigenvalue weighted by atomic mass is 9.85. The van der Waals surface area contributed by atoms with E-state index < -0.39 is 0 Å². The molecule has 1 aliphatic heterocycles. The van der Waals surface area contributed by atoms with E-state index >= 15 is 0 Å². The van der Waals surface area contributed by atoms with Gasteiger partial charge in [0, 0.05) is 31.1 Å². The number of nitrogens with one attached hydrogen (secondary N) is 2. The molecule has 1 aromatic rings. The van der Waals surface area contributed by atoms with Crippen molar-refractivity contribution >= 4 is 29.9 Å². The Morgan fingerprint density at radius 1 is 1.19 bits per heavy atom. The Balaban J connectivity index is 0.00000364. The van der Waals surface area contributed by atoms with Crippen LogP contribution in [0.1, 0.15) is 52.5 Å². The van der Waals surface area contributed by atoms with E-state index in [1.54, 1.807) is 0 Å². The number of halogens is 2. The van der Waals surface area contributed by atoms with Gasteiger partial charge in [-0.3, -0.25) is 4.99 Å². The van der Waals surface area contributed by atoms with Crippen molar-refractivity contribution in [3.63, 3.8) is 0 Å². The second-order valence-corrected chi connectivity index (χ2v) is 7.85. The summed E-state index contributed by atoms with van der Waals surface area (Å²) < 4.78 is 13.2. The van der Waals surface area contributed by atoms with E-state index in [1.165, 1.54) is 25.1 Å². The summed E-state index contributed by atoms with van der Waals surface area (Å²) in [5.74, 6) is 0.689. The van der Waals surface area contributed by atoms with Crippen molar-refractivity contribution in [2.24, 2.45) is 4.99 Å². The van der Waals surface area contributed by atoms with Crippen molar-refractivity contribution in [1.29, 1.82) is 0 Å². The zero-order chi connectivity index (χ0) is 19.0. The normalized spacial score (nSPS) is 16.7. The van der Waals surface area contributed by atoms with E-state index in [0.717, 1.165) is 44.0 Å². The third kappa shape index (κ3) is 7.94. The fraction of sp³-hybridized carbons (Fsp3) is 0.667. The summed E-state index contributed by atoms with van der Waals surface area (Å²) in [7, 11) is 0. The molecule has 2 N–H and O–H groups in total. The number of hydrogen-bond acceptors (Lipinski definition) is 2. The lowest BCUT2D eigenvalue weighted by Gasteiger charge is -2.33. The van der Waals surface area contributed by atoms with Crippen LogP contribution in [0.15, 0.2) is 29.3 Å². The van der Waals surface area contributed by atoms with E-state index in [9.17, 15) is 4.39 Å². The molecule has 6 heteroatoms. The summed E-state index contributed by atoms with van der Waals surface area (Å²) in [4.78, 5) is 7.36. The van der Waals surface area contributed by atoms with Crippen LogP contribution in [0.4, 0.5) is 4.39 Å². The Kier molecular flexibility index (Phi) is 10.6. The van der Waals surface area contributed by atoms with Crippen LogP contribution in [0.25, 0.3) is 0 Å². The maximum absolute atomic E-state index is 13.2. The van der Waals surface area contributed by atoms with Crippen LogP contribution in [0.5, 0.6) is 0 Å². The van der Waals surface area contributed by atoms with Crippen molar-refractivity contribution < 1.29 is 4.39 Å². The number of hydrogen-bond donors (Lipinski definition) is 2. The highest BCUT2D eigenvalue weighted by Crippen LogP contribution is 2.23. The molecule has 1 saturated heterocycles. The molecule has 4 nitrogen and oxygen atoms in total. The smallest absolute Gasteiger partial charge is 0.191 e. The fourth-order valence-electron chi connectivity index (χ4n) is 3.40. The summed E-state index contributed by atoms with van der Waals surface area (Å²) in [6.45, 7) is 13.6. The maximum atomic E-state index is 13.2. The molecule has 154 valence electrons. The van der Waals surface area contributed by atoms with Crippen LogP contribution in [-0.2, 0) is 5.41 Å². The lowest BCUT2D eigenvalue weighted by molar-refractivity contribution is 0.206. The molecule has 0 saturated carbocycles. The molecule has 1 aromatic carbocycles. The molecule has 0 aromatic heterocycles. The zero-order valence-electron chi connectivity index (χ0n) is 17.2. The van der Waals surface area contributed by atoms with Crippen LogP contribution >= 0.6 is 24.0 Å². The first-order valence-corrected chi connectivity index (χ1v) is 9.98. The number of rotatable bonds is 7. The highest BCUT2D eigenvalue weighted by molar-refractivity contribution is 14.0. The largest absolute Gasteiger partial charge is 0.357 e. The molecule has 1 heterocycles. The molecule has 2 rings (SSSR count). The summed E-state index contributed by atoms with van der Waals surface area (Å²) in [6.07, 6.45) is 3.54. The molecule has 0 bridgehead atoms. The third-order valence-electron chi connectivity index (χ3n) is 5.07. The topological polar surface area (TPSA) is 39.7 Å². The number of piperidine rings is 1. The van der Waals surface area contributed by atoms with Crippen LogP contribution in [-0.4, -0.2) is 49.6 Å². The Morgan fingerprint density at radius 2 is 1.81 bits per heavy atom. The molecule has 0 radical (unpaired) electrons. The predicted octanol–water partition coefficient (Wildman–Crippen LogP) is 4.15. The minimum Gasteiger partial charge on any atom is -0.357 e. The Hall–Kier alpha value is -0.890. The molecule has 1 aliphatic rings. The van der Waals surface area contributed by atoms with Gasteiger partial charge in [0.1, 0.15) is 5.82 Å². The van der Waals surface area contributed by atoms with E-state index in [4.69, 9.17) is 4.99 Å². The van der Waals surface area contributed by atoms with Crippen LogP contribution in [0, 0.1) is 5.82 Å². The first kappa shape index (κ1) is 24.1. The maximum Gasteiger partial charge on any atom is 0.191 e. The monoisotopic (exact) mass is 490 g/mol. The Bertz CT molecular complexity index is 566. The van der Waals surface area contributed by atoms with E-state index in [2.05, 4.69) is 43.2 Å². The van der Waals surface area contributed by atoms with E-state index in [0.29, 0.717) is 12.6 Å². The molecular formula is C21H36FIN4. The molecule has 0 amide bonds. The van der Waals surface area contributed by atoms with Gasteiger partial charge in [0.15, 0.2) is 5.96 Å². The van der Waals surface area contributed by atoms with Crippen LogP contribution < -0.4 is 10.6 Å². The predicted molar refractivity (Wildman–Crippen MR) is 124 cm³/mol. The molecule has 1 fully saturated rings. The minimum atomic E-state index is -0.197. The van der Waals surface area contributed by atoms with Crippen LogP contribution in [0.2, 0.25) is 0 Å². The molecule has 0 atom stereocenters. The van der Waals surface area contributed by atoms with Crippen molar-refractivity contribution in [2.45, 2.75) is 58.4 Å². The first-order chi connectivity index (χ1) is 12.4. The van der Waals surface area contributed by atoms with Gasteiger partial charge >= 0.3 is 0 Å². The SMILES string of the molecule is CCCN1CCC(NC(=NCC(C)(C)c2ccc(F)cc2)NCC)CC1.I. The van der Waals surface area contributed by atoms with Gasteiger partial charge in [0.05, 0.1) is 6.54 Å². The highest BCUT2D eigenvalue weighted by Gasteiger charge is 2.22. The summed E-state index contributed by atoms with van der Waals surface area (Å²) >= 11 is 0. The highest BCUT2D eigenvalue weighted by atomic mass is 127. The number of benzene rings is 1. The standard InChI is InChI=1S/C21H35FN4.HI/c1-5-13-26-14-11-19(12-15-26)25-20(23-6-2)24-16-21(3,4)17-7-9-18(22)10-8-17;/h7-10,19H,5-6,11-16H2,1-4H3,(H2,23,24,25);1H. The molecular weight excluding hydrogens is 454 g/mol. The summed E-state index contributed by atoms with van der Waals surface area (Å²) in [5.41, 5.74) is 0.965. The van der Waals surface area contributed by atoms with Gasteiger partial charge < -0.3 is 15.5 Å². The first-order valence-electron chi connectivity index (χ1n) is 9.98. The second-order valence-electron chi connectivity index (χ2n) is 7.85. The van der Waals surface area contributed by atoms with Crippen molar-refractivity contribution in [2.75, 3.05) is 32.7 Å². The lowest BCUT2D eigenvalue weighted by Crippen LogP contribution is -2.49. The van der Waals surface area contributed by atoms with Gasteiger partial charge in [-0.25, -0.2) is 4.39 Å². The van der Waals surface area contributed by atoms with Gasteiger partial charge in [-0.15, -0.1) is 24.0 Å². The Morgan fingerprint density at radius 3 is 2.37 bits per heavy atom. The Labute approximate surface area is 181 Å². The van der Waals surface area contributed by atoms with E-state index in [-0.39, 0.29) is 35.2 Å². The van der Waals surface area contributed by atoms with Gasteiger partial charge in [-0.1, -0.05) is 32.9 Å². The average Bonchev–Trinajstić information content (AvgIpc) is 2.62. The zero-order valence-corrected chi connectivity index (χ0v) is 19.6. The number of likely N-dealkylation sites (tertiary alicyclic amines) is 1. The van der Waals surface area contributed by atoms with Gasteiger partial charge in [-0.05, 0) is 50.4 Å². The summed E-state index contributed by atoms with van der Waals surface area (Å²) in [6, 6.07) is 7.24. The molecule has 0 aliphatic carbocycles. The number of nitrogens with zero attached hydrogens (tertiary/aromatic N) is 2. The number of aliphatic imine (C=N–C) groups is 1. The van der Waals surface area contributed by atoms with E-state index in [1.807, 2.05) is 12.1 Å². The van der Waals surface area contributed by atoms with Crippen molar-refractivity contribution in [3.8, 4) is 0 Å². The van der Waals surface area contributed by atoms with Crippen LogP contribution in [0.3, 0.4) is 0 Å². The third-order valence-corrected chi connectivity index (χ3v) is 5.07. The average molecular weight is 490 g/mol. The minimum absolute atomic E-state index is 0.